The summed E-state index contributed by atoms with van der Waals surface area (Å²) in [6.45, 7) is 1.78. The molecule has 0 unspecified atom stereocenters. The first-order valence-electron chi connectivity index (χ1n) is 7.18. The molecule has 8 heteroatoms. The van der Waals surface area contributed by atoms with Crippen LogP contribution in [-0.4, -0.2) is 41.0 Å². The van der Waals surface area contributed by atoms with Crippen molar-refractivity contribution in [3.05, 3.63) is 17.7 Å². The summed E-state index contributed by atoms with van der Waals surface area (Å²) in [7, 11) is -3.18. The number of nitrogens with zero attached hydrogens (tertiary/aromatic N) is 3. The number of carbonyl (C=O) groups is 1. The fourth-order valence-electron chi connectivity index (χ4n) is 2.50. The maximum absolute atomic E-state index is 11.7. The first-order valence-corrected chi connectivity index (χ1v) is 9.03. The first-order chi connectivity index (χ1) is 9.91. The number of imidazole rings is 1. The van der Waals surface area contributed by atoms with Gasteiger partial charge in [-0.3, -0.25) is 4.79 Å². The molecule has 7 nitrogen and oxygen atoms in total. The standard InChI is InChI=1S/C13H20N4O3S/c1-21(19,20)17-5-4-16-8-11(15-12(16)9-17)7-14-13(18)6-10-2-3-10/h8,10H,2-7,9H2,1H3,(H,14,18). The predicted octanol–water partition coefficient (Wildman–Crippen LogP) is 0.0746. The highest BCUT2D eigenvalue weighted by molar-refractivity contribution is 7.88. The molecule has 1 aliphatic heterocycles. The summed E-state index contributed by atoms with van der Waals surface area (Å²) >= 11 is 0. The fraction of sp³-hybridized carbons (Fsp3) is 0.692. The molecule has 21 heavy (non-hydrogen) atoms. The van der Waals surface area contributed by atoms with Crippen LogP contribution >= 0.6 is 0 Å². The Morgan fingerprint density at radius 2 is 2.19 bits per heavy atom. The van der Waals surface area contributed by atoms with E-state index < -0.39 is 10.0 Å². The number of rotatable bonds is 5. The second-order valence-electron chi connectivity index (χ2n) is 5.86. The van der Waals surface area contributed by atoms with Gasteiger partial charge < -0.3 is 9.88 Å². The Morgan fingerprint density at radius 3 is 2.86 bits per heavy atom. The lowest BCUT2D eigenvalue weighted by molar-refractivity contribution is -0.121. The van der Waals surface area contributed by atoms with Gasteiger partial charge in [-0.15, -0.1) is 0 Å². The van der Waals surface area contributed by atoms with Crippen LogP contribution in [0.25, 0.3) is 0 Å². The predicted molar refractivity (Wildman–Crippen MR) is 76.7 cm³/mol. The van der Waals surface area contributed by atoms with Crippen molar-refractivity contribution >= 4 is 15.9 Å². The molecule has 0 spiro atoms. The average Bonchev–Trinajstić information content (AvgIpc) is 3.11. The molecule has 2 heterocycles. The molecule has 116 valence electrons. The third-order valence-electron chi connectivity index (χ3n) is 3.92. The minimum absolute atomic E-state index is 0.0706. The molecule has 1 aromatic rings. The van der Waals surface area contributed by atoms with Crippen LogP contribution in [0.15, 0.2) is 6.20 Å². The summed E-state index contributed by atoms with van der Waals surface area (Å²) in [5.41, 5.74) is 0.782. The monoisotopic (exact) mass is 312 g/mol. The Bertz CT molecular complexity index is 648. The van der Waals surface area contributed by atoms with Gasteiger partial charge in [0.15, 0.2) is 0 Å². The Labute approximate surface area is 124 Å². The quantitative estimate of drug-likeness (QED) is 0.834. The zero-order valence-electron chi connectivity index (χ0n) is 12.1. The van der Waals surface area contributed by atoms with Crippen molar-refractivity contribution in [2.24, 2.45) is 5.92 Å². The molecule has 1 amide bonds. The second-order valence-corrected chi connectivity index (χ2v) is 7.85. The molecule has 1 saturated carbocycles. The zero-order valence-corrected chi connectivity index (χ0v) is 12.9. The maximum Gasteiger partial charge on any atom is 0.220 e. The molecule has 1 aromatic heterocycles. The summed E-state index contributed by atoms with van der Waals surface area (Å²) in [5.74, 6) is 1.38. The molecule has 3 rings (SSSR count). The fourth-order valence-corrected chi connectivity index (χ4v) is 3.27. The molecule has 0 radical (unpaired) electrons. The lowest BCUT2D eigenvalue weighted by atomic mass is 10.3. The van der Waals surface area contributed by atoms with Gasteiger partial charge in [0, 0.05) is 25.7 Å². The molecule has 0 bridgehead atoms. The Balaban J connectivity index is 1.59. The summed E-state index contributed by atoms with van der Waals surface area (Å²) in [5, 5.41) is 2.87. The smallest absolute Gasteiger partial charge is 0.220 e. The molecule has 0 saturated heterocycles. The van der Waals surface area contributed by atoms with Crippen molar-refractivity contribution in [1.29, 1.82) is 0 Å². The molecule has 1 aliphatic carbocycles. The third kappa shape index (κ3) is 3.62. The zero-order chi connectivity index (χ0) is 15.0. The Hall–Kier alpha value is -1.41. The lowest BCUT2D eigenvalue weighted by Gasteiger charge is -2.25. The van der Waals surface area contributed by atoms with Crippen molar-refractivity contribution in [3.63, 3.8) is 0 Å². The van der Waals surface area contributed by atoms with Gasteiger partial charge in [0.1, 0.15) is 5.82 Å². The van der Waals surface area contributed by atoms with Gasteiger partial charge >= 0.3 is 0 Å². The Morgan fingerprint density at radius 1 is 1.43 bits per heavy atom. The number of carbonyl (C=O) groups excluding carboxylic acids is 1. The van der Waals surface area contributed by atoms with Crippen molar-refractivity contribution in [1.82, 2.24) is 19.2 Å². The van der Waals surface area contributed by atoms with E-state index in [4.69, 9.17) is 0 Å². The van der Waals surface area contributed by atoms with Crippen LogP contribution < -0.4 is 5.32 Å². The molecule has 0 aromatic carbocycles. The normalized spacial score (nSPS) is 19.3. The molecular weight excluding hydrogens is 292 g/mol. The van der Waals surface area contributed by atoms with Crippen LogP contribution in [0, 0.1) is 5.92 Å². The van der Waals surface area contributed by atoms with E-state index in [0.29, 0.717) is 38.5 Å². The number of aromatic nitrogens is 2. The van der Waals surface area contributed by atoms with E-state index >= 15 is 0 Å². The van der Waals surface area contributed by atoms with Gasteiger partial charge in [-0.1, -0.05) is 0 Å². The largest absolute Gasteiger partial charge is 0.350 e. The van der Waals surface area contributed by atoms with E-state index in [1.807, 2.05) is 10.8 Å². The average molecular weight is 312 g/mol. The molecular formula is C13H20N4O3S. The highest BCUT2D eigenvalue weighted by atomic mass is 32.2. The lowest BCUT2D eigenvalue weighted by Crippen LogP contribution is -2.37. The molecule has 1 N–H and O–H groups in total. The van der Waals surface area contributed by atoms with Crippen LogP contribution in [0.4, 0.5) is 0 Å². The summed E-state index contributed by atoms with van der Waals surface area (Å²) < 4.78 is 26.5. The number of nitrogens with one attached hydrogen (secondary N) is 1. The van der Waals surface area contributed by atoms with Gasteiger partial charge in [0.25, 0.3) is 0 Å². The van der Waals surface area contributed by atoms with Gasteiger partial charge in [0.2, 0.25) is 15.9 Å². The van der Waals surface area contributed by atoms with E-state index in [2.05, 4.69) is 10.3 Å². The number of sulfonamides is 1. The number of hydrogen-bond donors (Lipinski definition) is 1. The number of hydrogen-bond acceptors (Lipinski definition) is 4. The molecule has 2 aliphatic rings. The van der Waals surface area contributed by atoms with E-state index in [1.165, 1.54) is 10.6 Å². The third-order valence-corrected chi connectivity index (χ3v) is 5.17. The summed E-state index contributed by atoms with van der Waals surface area (Å²) in [6, 6.07) is 0. The topological polar surface area (TPSA) is 84.3 Å². The maximum atomic E-state index is 11.7. The Kier molecular flexibility index (Phi) is 3.75. The van der Waals surface area contributed by atoms with Crippen molar-refractivity contribution in [2.45, 2.75) is 38.9 Å². The van der Waals surface area contributed by atoms with Gasteiger partial charge in [-0.25, -0.2) is 13.4 Å². The van der Waals surface area contributed by atoms with E-state index in [-0.39, 0.29) is 5.91 Å². The van der Waals surface area contributed by atoms with E-state index in [0.717, 1.165) is 24.4 Å². The van der Waals surface area contributed by atoms with Crippen LogP contribution in [0.2, 0.25) is 0 Å². The highest BCUT2D eigenvalue weighted by Crippen LogP contribution is 2.32. The van der Waals surface area contributed by atoms with Gasteiger partial charge in [-0.2, -0.15) is 4.31 Å². The van der Waals surface area contributed by atoms with Crippen LogP contribution in [0.5, 0.6) is 0 Å². The molecule has 1 fully saturated rings. The molecule has 0 atom stereocenters. The van der Waals surface area contributed by atoms with Crippen molar-refractivity contribution < 1.29 is 13.2 Å². The van der Waals surface area contributed by atoms with Crippen LogP contribution in [-0.2, 0) is 34.5 Å². The van der Waals surface area contributed by atoms with E-state index in [9.17, 15) is 13.2 Å². The summed E-state index contributed by atoms with van der Waals surface area (Å²) in [6.07, 6.45) is 6.04. The van der Waals surface area contributed by atoms with Crippen molar-refractivity contribution in [2.75, 3.05) is 12.8 Å². The number of amides is 1. The number of fused-ring (bicyclic) bond motifs is 1. The second kappa shape index (κ2) is 5.42. The SMILES string of the molecule is CS(=O)(=O)N1CCn2cc(CNC(=O)CC3CC3)nc2C1. The highest BCUT2D eigenvalue weighted by Gasteiger charge is 2.26. The van der Waals surface area contributed by atoms with Gasteiger partial charge in [-0.05, 0) is 18.8 Å². The summed E-state index contributed by atoms with van der Waals surface area (Å²) in [4.78, 5) is 16.1. The minimum atomic E-state index is -3.18. The first kappa shape index (κ1) is 14.5. The minimum Gasteiger partial charge on any atom is -0.350 e. The van der Waals surface area contributed by atoms with Crippen molar-refractivity contribution in [3.8, 4) is 0 Å². The van der Waals surface area contributed by atoms with Gasteiger partial charge in [0.05, 0.1) is 25.0 Å². The van der Waals surface area contributed by atoms with E-state index in [1.54, 1.807) is 0 Å². The van der Waals surface area contributed by atoms with Crippen LogP contribution in [0.1, 0.15) is 30.8 Å². The van der Waals surface area contributed by atoms with Crippen LogP contribution in [0.3, 0.4) is 0 Å².